The molecule has 166 valence electrons. The number of hydrogen-bond acceptors (Lipinski definition) is 4. The third-order valence-electron chi connectivity index (χ3n) is 5.74. The second-order valence-corrected chi connectivity index (χ2v) is 8.55. The predicted octanol–water partition coefficient (Wildman–Crippen LogP) is 4.98. The van der Waals surface area contributed by atoms with Gasteiger partial charge in [0.15, 0.2) is 0 Å². The molecule has 1 N–H and O–H groups in total. The maximum atomic E-state index is 12.7. The van der Waals surface area contributed by atoms with Gasteiger partial charge in [-0.3, -0.25) is 4.79 Å². The first-order valence-electron chi connectivity index (χ1n) is 11.0. The quantitative estimate of drug-likeness (QED) is 0.526. The number of pyridine rings is 1. The summed E-state index contributed by atoms with van der Waals surface area (Å²) in [7, 11) is 0. The Balaban J connectivity index is 1.21. The van der Waals surface area contributed by atoms with Crippen molar-refractivity contribution in [2.45, 2.75) is 32.6 Å². The summed E-state index contributed by atoms with van der Waals surface area (Å²) >= 11 is 5.92. The molecule has 1 aromatic heterocycles. The maximum Gasteiger partial charge on any atom is 0.223 e. The number of halogens is 1. The zero-order valence-corrected chi connectivity index (χ0v) is 18.8. The van der Waals surface area contributed by atoms with Crippen LogP contribution >= 0.6 is 11.6 Å². The molecule has 0 unspecified atom stereocenters. The molecular formula is C26H28ClN3O2. The lowest BCUT2D eigenvalue weighted by Crippen LogP contribution is -2.40. The molecule has 0 spiro atoms. The molecule has 0 radical (unpaired) electrons. The van der Waals surface area contributed by atoms with Crippen LogP contribution in [0.2, 0.25) is 5.02 Å². The van der Waals surface area contributed by atoms with E-state index in [2.05, 4.69) is 39.5 Å². The van der Waals surface area contributed by atoms with E-state index in [0.29, 0.717) is 24.8 Å². The normalized spacial score (nSPS) is 14.3. The monoisotopic (exact) mass is 449 g/mol. The fraction of sp³-hybridized carbons (Fsp3) is 0.308. The van der Waals surface area contributed by atoms with Gasteiger partial charge in [0.05, 0.1) is 18.2 Å². The standard InChI is InChI=1S/C26H28ClN3O2/c27-24-9-10-25(28-17-24)30-13-11-23(12-14-30)26(31)29-16-21-7-4-8-22(15-21)19-32-18-20-5-2-1-3-6-20/h1-10,15,17,23H,11-14,16,18-19H2,(H,29,31). The topological polar surface area (TPSA) is 54.5 Å². The summed E-state index contributed by atoms with van der Waals surface area (Å²) in [6.07, 6.45) is 3.31. The molecule has 6 heteroatoms. The number of amides is 1. The predicted molar refractivity (Wildman–Crippen MR) is 127 cm³/mol. The van der Waals surface area contributed by atoms with Crippen LogP contribution in [-0.4, -0.2) is 24.0 Å². The summed E-state index contributed by atoms with van der Waals surface area (Å²) in [6.45, 7) is 3.31. The van der Waals surface area contributed by atoms with Crippen molar-refractivity contribution in [1.29, 1.82) is 0 Å². The minimum atomic E-state index is 0.0379. The van der Waals surface area contributed by atoms with Gasteiger partial charge in [-0.05, 0) is 41.7 Å². The van der Waals surface area contributed by atoms with Crippen molar-refractivity contribution in [1.82, 2.24) is 10.3 Å². The molecule has 1 aliphatic heterocycles. The Morgan fingerprint density at radius 2 is 1.69 bits per heavy atom. The first kappa shape index (κ1) is 22.3. The van der Waals surface area contributed by atoms with Gasteiger partial charge in [0.2, 0.25) is 5.91 Å². The van der Waals surface area contributed by atoms with Crippen molar-refractivity contribution in [3.63, 3.8) is 0 Å². The molecule has 1 saturated heterocycles. The van der Waals surface area contributed by atoms with Crippen LogP contribution in [-0.2, 0) is 29.3 Å². The summed E-state index contributed by atoms with van der Waals surface area (Å²) in [5, 5.41) is 3.74. The minimum absolute atomic E-state index is 0.0379. The number of nitrogens with one attached hydrogen (secondary N) is 1. The van der Waals surface area contributed by atoms with Crippen LogP contribution < -0.4 is 10.2 Å². The minimum Gasteiger partial charge on any atom is -0.372 e. The zero-order chi connectivity index (χ0) is 22.2. The third-order valence-corrected chi connectivity index (χ3v) is 5.96. The van der Waals surface area contributed by atoms with E-state index in [1.165, 1.54) is 0 Å². The van der Waals surface area contributed by atoms with Gasteiger partial charge in [-0.25, -0.2) is 4.98 Å². The molecule has 0 atom stereocenters. The second kappa shape index (κ2) is 11.1. The van der Waals surface area contributed by atoms with E-state index in [9.17, 15) is 4.79 Å². The van der Waals surface area contributed by atoms with Crippen LogP contribution in [0.25, 0.3) is 0 Å². The lowest BCUT2D eigenvalue weighted by molar-refractivity contribution is -0.125. The van der Waals surface area contributed by atoms with Gasteiger partial charge in [0, 0.05) is 31.7 Å². The Morgan fingerprint density at radius 3 is 2.44 bits per heavy atom. The molecule has 3 aromatic rings. The Bertz CT molecular complexity index is 1000. The number of piperidine rings is 1. The number of rotatable bonds is 8. The highest BCUT2D eigenvalue weighted by Gasteiger charge is 2.25. The first-order valence-corrected chi connectivity index (χ1v) is 11.4. The number of carbonyl (C=O) groups excluding carboxylic acids is 1. The number of anilines is 1. The number of aromatic nitrogens is 1. The smallest absolute Gasteiger partial charge is 0.223 e. The number of benzene rings is 2. The number of hydrogen-bond donors (Lipinski definition) is 1. The van der Waals surface area contributed by atoms with Crippen molar-refractivity contribution in [2.75, 3.05) is 18.0 Å². The number of nitrogens with zero attached hydrogens (tertiary/aromatic N) is 2. The van der Waals surface area contributed by atoms with Gasteiger partial charge in [0.1, 0.15) is 5.82 Å². The molecule has 1 fully saturated rings. The largest absolute Gasteiger partial charge is 0.372 e. The van der Waals surface area contributed by atoms with Crippen LogP contribution in [0.3, 0.4) is 0 Å². The molecule has 32 heavy (non-hydrogen) atoms. The molecular weight excluding hydrogens is 422 g/mol. The van der Waals surface area contributed by atoms with E-state index >= 15 is 0 Å². The van der Waals surface area contributed by atoms with Gasteiger partial charge in [-0.1, -0.05) is 66.2 Å². The Labute approximate surface area is 194 Å². The summed E-state index contributed by atoms with van der Waals surface area (Å²) in [4.78, 5) is 19.3. The Hall–Kier alpha value is -2.89. The van der Waals surface area contributed by atoms with E-state index in [1.54, 1.807) is 6.20 Å². The highest BCUT2D eigenvalue weighted by molar-refractivity contribution is 6.30. The first-order chi connectivity index (χ1) is 15.7. The van der Waals surface area contributed by atoms with Crippen LogP contribution in [0.4, 0.5) is 5.82 Å². The van der Waals surface area contributed by atoms with Gasteiger partial charge < -0.3 is 15.0 Å². The number of carbonyl (C=O) groups is 1. The van der Waals surface area contributed by atoms with Crippen LogP contribution in [0, 0.1) is 5.92 Å². The Morgan fingerprint density at radius 1 is 0.969 bits per heavy atom. The molecule has 0 saturated carbocycles. The molecule has 2 heterocycles. The van der Waals surface area contributed by atoms with Crippen LogP contribution in [0.1, 0.15) is 29.5 Å². The van der Waals surface area contributed by atoms with Crippen LogP contribution in [0.15, 0.2) is 72.9 Å². The highest BCUT2D eigenvalue weighted by atomic mass is 35.5. The molecule has 5 nitrogen and oxygen atoms in total. The van der Waals surface area contributed by atoms with Gasteiger partial charge >= 0.3 is 0 Å². The van der Waals surface area contributed by atoms with Crippen LogP contribution in [0.5, 0.6) is 0 Å². The van der Waals surface area contributed by atoms with E-state index in [1.807, 2.05) is 42.5 Å². The third kappa shape index (κ3) is 6.31. The van der Waals surface area contributed by atoms with E-state index in [-0.39, 0.29) is 11.8 Å². The average molecular weight is 450 g/mol. The summed E-state index contributed by atoms with van der Waals surface area (Å²) in [5.74, 6) is 1.08. The fourth-order valence-corrected chi connectivity index (χ4v) is 4.06. The molecule has 1 aliphatic rings. The van der Waals surface area contributed by atoms with Crippen molar-refractivity contribution in [2.24, 2.45) is 5.92 Å². The van der Waals surface area contributed by atoms with E-state index < -0.39 is 0 Å². The molecule has 2 aromatic carbocycles. The lowest BCUT2D eigenvalue weighted by atomic mass is 9.95. The van der Waals surface area contributed by atoms with Crippen molar-refractivity contribution >= 4 is 23.3 Å². The highest BCUT2D eigenvalue weighted by Crippen LogP contribution is 2.23. The molecule has 0 bridgehead atoms. The van der Waals surface area contributed by atoms with Crippen molar-refractivity contribution in [3.8, 4) is 0 Å². The second-order valence-electron chi connectivity index (χ2n) is 8.11. The van der Waals surface area contributed by atoms with Crippen molar-refractivity contribution in [3.05, 3.63) is 94.6 Å². The summed E-state index contributed by atoms with van der Waals surface area (Å²) < 4.78 is 5.83. The van der Waals surface area contributed by atoms with E-state index in [4.69, 9.17) is 16.3 Å². The van der Waals surface area contributed by atoms with Gasteiger partial charge in [0.25, 0.3) is 0 Å². The molecule has 4 rings (SSSR count). The maximum absolute atomic E-state index is 12.7. The summed E-state index contributed by atoms with van der Waals surface area (Å²) in [6, 6.07) is 22.1. The van der Waals surface area contributed by atoms with Gasteiger partial charge in [-0.2, -0.15) is 0 Å². The van der Waals surface area contributed by atoms with Crippen molar-refractivity contribution < 1.29 is 9.53 Å². The summed E-state index contributed by atoms with van der Waals surface area (Å²) in [5.41, 5.74) is 3.35. The van der Waals surface area contributed by atoms with Gasteiger partial charge in [-0.15, -0.1) is 0 Å². The SMILES string of the molecule is O=C(NCc1cccc(COCc2ccccc2)c1)C1CCN(c2ccc(Cl)cn2)CC1. The Kier molecular flexibility index (Phi) is 7.75. The molecule has 1 amide bonds. The molecule has 0 aliphatic carbocycles. The zero-order valence-electron chi connectivity index (χ0n) is 18.0. The fourth-order valence-electron chi connectivity index (χ4n) is 3.95. The number of ether oxygens (including phenoxy) is 1. The lowest BCUT2D eigenvalue weighted by Gasteiger charge is -2.32. The average Bonchev–Trinajstić information content (AvgIpc) is 2.84. The van der Waals surface area contributed by atoms with E-state index in [0.717, 1.165) is 48.4 Å².